The molecule has 3 aromatic carbocycles. The molecule has 4 amide bonds. The highest BCUT2D eigenvalue weighted by molar-refractivity contribution is 6.07. The van der Waals surface area contributed by atoms with Crippen LogP contribution in [0.1, 0.15) is 110 Å². The van der Waals surface area contributed by atoms with Gasteiger partial charge in [-0.05, 0) is 112 Å². The number of nitrogens with one attached hydrogen (secondary N) is 4. The van der Waals surface area contributed by atoms with E-state index in [1.807, 2.05) is 72.4 Å². The minimum Gasteiger partial charge on any atom is -0.488 e. The van der Waals surface area contributed by atoms with E-state index in [1.165, 1.54) is 14.2 Å². The second kappa shape index (κ2) is 19.9. The van der Waals surface area contributed by atoms with Gasteiger partial charge in [0, 0.05) is 36.2 Å². The van der Waals surface area contributed by atoms with Crippen molar-refractivity contribution in [2.45, 2.75) is 124 Å². The number of hydrogen-bond acceptors (Lipinski definition) is 10. The van der Waals surface area contributed by atoms with Crippen molar-refractivity contribution in [3.05, 3.63) is 65.9 Å². The Morgan fingerprint density at radius 3 is 2.12 bits per heavy atom. The lowest BCUT2D eigenvalue weighted by Crippen LogP contribution is -2.55. The van der Waals surface area contributed by atoms with E-state index < -0.39 is 36.4 Å². The molecule has 348 valence electrons. The first-order chi connectivity index (χ1) is 31.2. The number of hydrogen-bond donors (Lipinski definition) is 4. The summed E-state index contributed by atoms with van der Waals surface area (Å²) >= 11 is 0. The van der Waals surface area contributed by atoms with Gasteiger partial charge in [0.15, 0.2) is 0 Å². The lowest BCUT2D eigenvalue weighted by molar-refractivity contribution is -0.141. The molecule has 0 radical (unpaired) electrons. The van der Waals surface area contributed by atoms with Gasteiger partial charge in [-0.2, -0.15) is 0 Å². The van der Waals surface area contributed by atoms with Gasteiger partial charge in [0.05, 0.1) is 49.2 Å². The summed E-state index contributed by atoms with van der Waals surface area (Å²) in [4.78, 5) is 73.7. The summed E-state index contributed by atoms with van der Waals surface area (Å²) in [6, 6.07) is 11.9. The van der Waals surface area contributed by atoms with Crippen LogP contribution in [-0.4, -0.2) is 105 Å². The van der Waals surface area contributed by atoms with Gasteiger partial charge in [0.1, 0.15) is 36.1 Å². The zero-order valence-corrected chi connectivity index (χ0v) is 39.2. The zero-order chi connectivity index (χ0) is 46.7. The molecule has 7 rings (SSSR count). The van der Waals surface area contributed by atoms with Crippen LogP contribution in [0.5, 0.6) is 5.75 Å². The van der Waals surface area contributed by atoms with Crippen LogP contribution in [0.25, 0.3) is 44.2 Å². The summed E-state index contributed by atoms with van der Waals surface area (Å²) in [5.41, 5.74) is 6.42. The standard InChI is InChI=1S/C49H64N8O8/c1-11-27(5)56(47(59)42(55-49(61)63-10)31-17-19-64-20-18-31)29(7)44-50-24-39(52-44)33-13-15-35-34(21-33)25-65-40-23-36-32(22-37(35)40)14-16-38-43(36)53-45(51-38)30(8)57(28(6)12-2)46(58)41(26(3)4)54-48(60)62-9/h13-16,21-24,26-31,41-42H,11-12,17-20,25H2,1-10H3,(H,50,52)(H,51,53)(H,54,60)(H,55,61)/t27-,28-,29-,30-,41-,42-/m0/s1. The number of methoxy groups -OCH3 is 2. The number of nitrogens with zero attached hydrogens (tertiary/aromatic N) is 4. The number of rotatable bonds is 15. The zero-order valence-electron chi connectivity index (χ0n) is 39.2. The Morgan fingerprint density at radius 1 is 0.800 bits per heavy atom. The first kappa shape index (κ1) is 46.8. The van der Waals surface area contributed by atoms with Crippen LogP contribution in [0.2, 0.25) is 0 Å². The number of fused-ring (bicyclic) bond motifs is 6. The van der Waals surface area contributed by atoms with E-state index in [-0.39, 0.29) is 35.7 Å². The first-order valence-corrected chi connectivity index (χ1v) is 22.9. The summed E-state index contributed by atoms with van der Waals surface area (Å²) in [5.74, 6) is 1.41. The van der Waals surface area contributed by atoms with Gasteiger partial charge in [0.25, 0.3) is 0 Å². The van der Waals surface area contributed by atoms with Gasteiger partial charge in [-0.25, -0.2) is 19.6 Å². The molecule has 16 heteroatoms. The van der Waals surface area contributed by atoms with Gasteiger partial charge in [-0.1, -0.05) is 45.9 Å². The van der Waals surface area contributed by atoms with Gasteiger partial charge in [-0.15, -0.1) is 0 Å². The number of aromatic nitrogens is 4. The Labute approximate surface area is 380 Å². The molecule has 1 fully saturated rings. The topological polar surface area (TPSA) is 193 Å². The van der Waals surface area contributed by atoms with E-state index in [1.54, 1.807) is 11.1 Å². The molecule has 0 saturated carbocycles. The molecule has 0 spiro atoms. The minimum absolute atomic E-state index is 0.0812. The molecule has 4 N–H and O–H groups in total. The normalized spacial score (nSPS) is 16.6. The summed E-state index contributed by atoms with van der Waals surface area (Å²) in [6.45, 7) is 17.2. The number of carbonyl (C=O) groups is 4. The monoisotopic (exact) mass is 892 g/mol. The van der Waals surface area contributed by atoms with Gasteiger partial charge < -0.3 is 49.3 Å². The van der Waals surface area contributed by atoms with Gasteiger partial charge >= 0.3 is 12.2 Å². The number of imidazole rings is 2. The lowest BCUT2D eigenvalue weighted by Gasteiger charge is -2.39. The number of alkyl carbamates (subject to hydrolysis) is 2. The fourth-order valence-electron chi connectivity index (χ4n) is 9.24. The molecular weight excluding hydrogens is 829 g/mol. The second-order valence-corrected chi connectivity index (χ2v) is 17.8. The third-order valence-electron chi connectivity index (χ3n) is 13.4. The lowest BCUT2D eigenvalue weighted by atomic mass is 9.90. The van der Waals surface area contributed by atoms with Crippen molar-refractivity contribution in [2.75, 3.05) is 27.4 Å². The summed E-state index contributed by atoms with van der Waals surface area (Å²) < 4.78 is 21.8. The fourth-order valence-corrected chi connectivity index (χ4v) is 9.24. The molecule has 1 saturated heterocycles. The Morgan fingerprint density at radius 2 is 1.46 bits per heavy atom. The maximum atomic E-state index is 14.4. The van der Waals surface area contributed by atoms with Crippen molar-refractivity contribution < 1.29 is 38.1 Å². The average molecular weight is 893 g/mol. The number of ether oxygens (including phenoxy) is 4. The van der Waals surface area contributed by atoms with Gasteiger partial charge in [0.2, 0.25) is 11.8 Å². The maximum absolute atomic E-state index is 14.4. The first-order valence-electron chi connectivity index (χ1n) is 22.9. The molecule has 0 bridgehead atoms. The van der Waals surface area contributed by atoms with Crippen molar-refractivity contribution in [1.29, 1.82) is 0 Å². The molecule has 0 aliphatic carbocycles. The average Bonchev–Trinajstić information content (AvgIpc) is 4.00. The second-order valence-electron chi connectivity index (χ2n) is 17.8. The third-order valence-corrected chi connectivity index (χ3v) is 13.4. The Balaban J connectivity index is 1.14. The maximum Gasteiger partial charge on any atom is 0.407 e. The molecule has 4 heterocycles. The Kier molecular flexibility index (Phi) is 14.4. The molecule has 16 nitrogen and oxygen atoms in total. The highest BCUT2D eigenvalue weighted by Gasteiger charge is 2.39. The number of carbonyl (C=O) groups excluding carboxylic acids is 4. The molecule has 6 atom stereocenters. The molecule has 0 unspecified atom stereocenters. The van der Waals surface area contributed by atoms with Crippen LogP contribution in [0.4, 0.5) is 9.59 Å². The van der Waals surface area contributed by atoms with E-state index >= 15 is 0 Å². The van der Waals surface area contributed by atoms with Crippen LogP contribution in [-0.2, 0) is 30.4 Å². The number of H-pyrrole nitrogens is 2. The van der Waals surface area contributed by atoms with Crippen LogP contribution in [0, 0.1) is 11.8 Å². The van der Waals surface area contributed by atoms with Crippen molar-refractivity contribution in [1.82, 2.24) is 40.4 Å². The summed E-state index contributed by atoms with van der Waals surface area (Å²) in [5, 5.41) is 7.49. The number of amides is 4. The molecule has 2 aliphatic heterocycles. The predicted octanol–water partition coefficient (Wildman–Crippen LogP) is 8.57. The highest BCUT2D eigenvalue weighted by Crippen LogP contribution is 2.43. The predicted molar refractivity (Wildman–Crippen MR) is 248 cm³/mol. The van der Waals surface area contributed by atoms with Crippen molar-refractivity contribution >= 4 is 45.8 Å². The molecule has 5 aromatic rings. The van der Waals surface area contributed by atoms with Gasteiger partial charge in [-0.3, -0.25) is 9.59 Å². The van der Waals surface area contributed by atoms with E-state index in [0.29, 0.717) is 57.2 Å². The van der Waals surface area contributed by atoms with Crippen LogP contribution >= 0.6 is 0 Å². The SMILES string of the molecule is CC[C@H](C)N(C(=O)[C@@H](NC(=O)OC)C(C)C)[C@@H](C)c1nc2c(ccc3cc4c(cc32)OCc2cc(-c3cnc([C@H](C)N(C(=O)[C@@H](NC(=O)OC)C5CCOCC5)[C@@H](C)CC)[nH]3)ccc2-4)[nH]1. The van der Waals surface area contributed by atoms with E-state index in [0.717, 1.165) is 55.5 Å². The van der Waals surface area contributed by atoms with Crippen LogP contribution < -0.4 is 15.4 Å². The smallest absolute Gasteiger partial charge is 0.407 e. The van der Waals surface area contributed by atoms with Crippen molar-refractivity contribution in [2.24, 2.45) is 11.8 Å². The highest BCUT2D eigenvalue weighted by atomic mass is 16.5. The quantitative estimate of drug-likeness (QED) is 0.0791. The van der Waals surface area contributed by atoms with Crippen LogP contribution in [0.15, 0.2) is 48.7 Å². The molecule has 65 heavy (non-hydrogen) atoms. The Hall–Kier alpha value is -6.16. The number of benzene rings is 3. The summed E-state index contributed by atoms with van der Waals surface area (Å²) in [7, 11) is 2.59. The Bertz CT molecular complexity index is 2530. The molecule has 2 aromatic heterocycles. The largest absolute Gasteiger partial charge is 0.488 e. The minimum atomic E-state index is -0.769. The van der Waals surface area contributed by atoms with E-state index in [4.69, 9.17) is 28.9 Å². The van der Waals surface area contributed by atoms with Crippen molar-refractivity contribution in [3.63, 3.8) is 0 Å². The van der Waals surface area contributed by atoms with Crippen LogP contribution in [0.3, 0.4) is 0 Å². The molecular formula is C49H64N8O8. The fraction of sp³-hybridized carbons (Fsp3) is 0.510. The summed E-state index contributed by atoms with van der Waals surface area (Å²) in [6.07, 6.45) is 3.26. The van der Waals surface area contributed by atoms with Crippen molar-refractivity contribution in [3.8, 4) is 28.1 Å². The third kappa shape index (κ3) is 9.49. The number of aromatic amines is 2. The van der Waals surface area contributed by atoms with E-state index in [2.05, 4.69) is 50.9 Å². The van der Waals surface area contributed by atoms with E-state index in [9.17, 15) is 19.2 Å². The molecule has 2 aliphatic rings.